The number of fused-ring (bicyclic) bond motifs is 1. The molecule has 38 heavy (non-hydrogen) atoms. The standard InChI is InChI=1S/C24H19ClF6N2O5/c1-12-9-13-10-14(22(35,23(26,27)28)24(29,30)31)7-8-18(13)33(12)11-17-20(38-21(34)36-2)37-19(32-17)15-5-3-4-6-16(15)25/h3-8,10,12,35H,9,11H2,1-2H3. The predicted octanol–water partition coefficient (Wildman–Crippen LogP) is 6.40. The van der Waals surface area contributed by atoms with Gasteiger partial charge in [0.15, 0.2) is 0 Å². The maximum absolute atomic E-state index is 13.4. The van der Waals surface area contributed by atoms with Crippen molar-refractivity contribution in [3.63, 3.8) is 0 Å². The number of carbonyl (C=O) groups excluding carboxylic acids is 1. The lowest BCUT2D eigenvalue weighted by Crippen LogP contribution is -2.53. The van der Waals surface area contributed by atoms with Crippen molar-refractivity contribution in [1.29, 1.82) is 0 Å². The molecule has 0 aliphatic carbocycles. The minimum Gasteiger partial charge on any atom is -0.437 e. The quantitative estimate of drug-likeness (QED) is 0.283. The van der Waals surface area contributed by atoms with Gasteiger partial charge >= 0.3 is 24.5 Å². The average molecular weight is 565 g/mol. The molecule has 1 unspecified atom stereocenters. The topological polar surface area (TPSA) is 85.0 Å². The van der Waals surface area contributed by atoms with Crippen molar-refractivity contribution in [2.45, 2.75) is 43.9 Å². The Hall–Kier alpha value is -3.45. The summed E-state index contributed by atoms with van der Waals surface area (Å²) in [6.45, 7) is 1.59. The van der Waals surface area contributed by atoms with Crippen molar-refractivity contribution in [3.05, 3.63) is 64.3 Å². The minimum absolute atomic E-state index is 0.00680. The summed E-state index contributed by atoms with van der Waals surface area (Å²) < 4.78 is 95.4. The number of rotatable bonds is 5. The molecule has 3 aromatic rings. The van der Waals surface area contributed by atoms with Crippen LogP contribution in [0.2, 0.25) is 5.02 Å². The van der Waals surface area contributed by atoms with Crippen LogP contribution in [0.3, 0.4) is 0 Å². The van der Waals surface area contributed by atoms with E-state index in [-0.39, 0.29) is 36.1 Å². The van der Waals surface area contributed by atoms with Crippen LogP contribution < -0.4 is 9.64 Å². The summed E-state index contributed by atoms with van der Waals surface area (Å²) >= 11 is 6.21. The van der Waals surface area contributed by atoms with Crippen molar-refractivity contribution in [2.24, 2.45) is 0 Å². The first-order chi connectivity index (χ1) is 17.7. The van der Waals surface area contributed by atoms with Crippen LogP contribution in [0.25, 0.3) is 11.5 Å². The highest BCUT2D eigenvalue weighted by Crippen LogP contribution is 2.51. The Labute approximate surface area is 216 Å². The van der Waals surface area contributed by atoms with Gasteiger partial charge in [0.1, 0.15) is 5.69 Å². The Morgan fingerprint density at radius 2 is 1.82 bits per heavy atom. The molecule has 7 nitrogen and oxygen atoms in total. The highest BCUT2D eigenvalue weighted by Gasteiger charge is 2.71. The second-order valence-electron chi connectivity index (χ2n) is 8.52. The zero-order valence-corrected chi connectivity index (χ0v) is 20.4. The fraction of sp³-hybridized carbons (Fsp3) is 0.333. The van der Waals surface area contributed by atoms with E-state index in [0.29, 0.717) is 28.4 Å². The largest absolute Gasteiger partial charge is 0.516 e. The molecule has 1 N–H and O–H groups in total. The number of nitrogens with zero attached hydrogens (tertiary/aromatic N) is 2. The summed E-state index contributed by atoms with van der Waals surface area (Å²) in [6, 6.07) is 8.45. The van der Waals surface area contributed by atoms with Crippen molar-refractivity contribution in [3.8, 4) is 17.4 Å². The van der Waals surface area contributed by atoms with E-state index >= 15 is 0 Å². The lowest BCUT2D eigenvalue weighted by Gasteiger charge is -2.33. The molecule has 2 aromatic carbocycles. The third kappa shape index (κ3) is 4.75. The number of hydrogen-bond donors (Lipinski definition) is 1. The van der Waals surface area contributed by atoms with Crippen molar-refractivity contribution in [2.75, 3.05) is 12.0 Å². The van der Waals surface area contributed by atoms with E-state index < -0.39 is 35.7 Å². The predicted molar refractivity (Wildman–Crippen MR) is 122 cm³/mol. The van der Waals surface area contributed by atoms with E-state index in [1.807, 2.05) is 0 Å². The van der Waals surface area contributed by atoms with Gasteiger partial charge in [-0.2, -0.15) is 26.3 Å². The number of methoxy groups -OCH3 is 1. The molecule has 4 rings (SSSR count). The van der Waals surface area contributed by atoms with Gasteiger partial charge in [-0.25, -0.2) is 9.78 Å². The van der Waals surface area contributed by atoms with Gasteiger partial charge in [-0.05, 0) is 37.1 Å². The molecule has 1 aliphatic rings. The van der Waals surface area contributed by atoms with Gasteiger partial charge in [-0.15, -0.1) is 0 Å². The van der Waals surface area contributed by atoms with Gasteiger partial charge < -0.3 is 23.9 Å². The lowest BCUT2D eigenvalue weighted by molar-refractivity contribution is -0.376. The maximum atomic E-state index is 13.4. The molecule has 0 radical (unpaired) electrons. The van der Waals surface area contributed by atoms with Crippen LogP contribution in [0.4, 0.5) is 36.8 Å². The first-order valence-corrected chi connectivity index (χ1v) is 11.3. The van der Waals surface area contributed by atoms with Gasteiger partial charge in [0.25, 0.3) is 5.60 Å². The van der Waals surface area contributed by atoms with Crippen molar-refractivity contribution < 1.29 is 50.1 Å². The van der Waals surface area contributed by atoms with E-state index in [2.05, 4.69) is 9.72 Å². The smallest absolute Gasteiger partial charge is 0.437 e. The van der Waals surface area contributed by atoms with Gasteiger partial charge in [0.2, 0.25) is 5.89 Å². The van der Waals surface area contributed by atoms with E-state index in [4.69, 9.17) is 20.8 Å². The number of ether oxygens (including phenoxy) is 2. The van der Waals surface area contributed by atoms with E-state index in [0.717, 1.165) is 13.2 Å². The van der Waals surface area contributed by atoms with Crippen LogP contribution in [0.15, 0.2) is 46.9 Å². The van der Waals surface area contributed by atoms with Crippen LogP contribution in [0, 0.1) is 0 Å². The van der Waals surface area contributed by atoms with Gasteiger partial charge in [-0.3, -0.25) is 0 Å². The number of carbonyl (C=O) groups is 1. The Balaban J connectivity index is 1.72. The van der Waals surface area contributed by atoms with Crippen LogP contribution >= 0.6 is 11.6 Å². The zero-order valence-electron chi connectivity index (χ0n) is 19.7. The Morgan fingerprint density at radius 1 is 1.16 bits per heavy atom. The molecule has 2 heterocycles. The molecular formula is C24H19ClF6N2O5. The first kappa shape index (κ1) is 27.6. The van der Waals surface area contributed by atoms with Crippen LogP contribution in [-0.2, 0) is 23.3 Å². The number of halogens is 7. The minimum atomic E-state index is -6.00. The zero-order chi connectivity index (χ0) is 28.0. The molecule has 1 atom stereocenters. The number of hydrogen-bond acceptors (Lipinski definition) is 7. The molecule has 204 valence electrons. The molecule has 1 aromatic heterocycles. The summed E-state index contributed by atoms with van der Waals surface area (Å²) in [7, 11) is 1.08. The fourth-order valence-corrected chi connectivity index (χ4v) is 4.41. The molecular weight excluding hydrogens is 546 g/mol. The monoisotopic (exact) mass is 564 g/mol. The summed E-state index contributed by atoms with van der Waals surface area (Å²) in [5.74, 6) is -0.320. The van der Waals surface area contributed by atoms with E-state index in [1.165, 1.54) is 0 Å². The highest BCUT2D eigenvalue weighted by atomic mass is 35.5. The number of alkyl halides is 6. The SMILES string of the molecule is COC(=O)Oc1oc(-c2ccccc2Cl)nc1CN1c2ccc(C(O)(C(F)(F)F)C(F)(F)F)cc2CC1C. The Morgan fingerprint density at radius 3 is 2.42 bits per heavy atom. The van der Waals surface area contributed by atoms with E-state index in [9.17, 15) is 36.2 Å². The summed E-state index contributed by atoms with van der Waals surface area (Å²) in [4.78, 5) is 17.8. The van der Waals surface area contributed by atoms with Gasteiger partial charge in [-0.1, -0.05) is 35.9 Å². The summed E-state index contributed by atoms with van der Waals surface area (Å²) in [5.41, 5.74) is -5.46. The summed E-state index contributed by atoms with van der Waals surface area (Å²) in [6.07, 6.45) is -13.0. The maximum Gasteiger partial charge on any atom is 0.516 e. The van der Waals surface area contributed by atoms with Gasteiger partial charge in [0.05, 0.1) is 24.2 Å². The molecule has 0 saturated heterocycles. The molecule has 0 bridgehead atoms. The number of aromatic nitrogens is 1. The van der Waals surface area contributed by atoms with Gasteiger partial charge in [0, 0.05) is 17.3 Å². The fourth-order valence-electron chi connectivity index (χ4n) is 4.20. The first-order valence-electron chi connectivity index (χ1n) is 10.9. The normalized spacial score (nSPS) is 15.9. The lowest BCUT2D eigenvalue weighted by atomic mass is 9.90. The number of benzene rings is 2. The third-order valence-electron chi connectivity index (χ3n) is 6.10. The Kier molecular flexibility index (Phi) is 7.04. The molecule has 14 heteroatoms. The number of oxazole rings is 1. The molecule has 1 aliphatic heterocycles. The van der Waals surface area contributed by atoms with Crippen LogP contribution in [0.5, 0.6) is 5.95 Å². The number of anilines is 1. The third-order valence-corrected chi connectivity index (χ3v) is 6.43. The summed E-state index contributed by atoms with van der Waals surface area (Å²) in [5, 5.41) is 10.1. The van der Waals surface area contributed by atoms with Crippen molar-refractivity contribution in [1.82, 2.24) is 4.98 Å². The molecule has 0 spiro atoms. The van der Waals surface area contributed by atoms with Crippen LogP contribution in [0.1, 0.15) is 23.7 Å². The molecule has 0 amide bonds. The highest BCUT2D eigenvalue weighted by molar-refractivity contribution is 6.33. The Bertz CT molecular complexity index is 1340. The molecule has 0 saturated carbocycles. The second-order valence-corrected chi connectivity index (χ2v) is 8.93. The second kappa shape index (κ2) is 9.70. The van der Waals surface area contributed by atoms with Crippen molar-refractivity contribution >= 4 is 23.4 Å². The van der Waals surface area contributed by atoms with Crippen LogP contribution in [-0.4, -0.2) is 41.8 Å². The van der Waals surface area contributed by atoms with E-state index in [1.54, 1.807) is 36.1 Å². The average Bonchev–Trinajstić information content (AvgIpc) is 3.36. The number of aliphatic hydroxyl groups is 1. The molecule has 0 fully saturated rings.